The molecule has 1 N–H and O–H groups in total. The maximum atomic E-state index is 9.69. The molecule has 2 aromatic rings. The minimum Gasteiger partial charge on any atom is -0.395 e. The predicted molar refractivity (Wildman–Crippen MR) is 103 cm³/mol. The number of benzene rings is 2. The number of hydrogen-bond donors (Lipinski definition) is 1. The third-order valence-corrected chi connectivity index (χ3v) is 6.82. The Morgan fingerprint density at radius 1 is 0.960 bits per heavy atom. The number of fused-ring (bicyclic) bond motifs is 3. The van der Waals surface area contributed by atoms with E-state index in [1.807, 2.05) is 0 Å². The molecule has 2 heteroatoms. The Kier molecular flexibility index (Phi) is 3.91. The SMILES string of the molecule is OC[C@@H]1CCCN1CC1=C(c2ccc3ccccc3c2)C2CCC1C2. The summed E-state index contributed by atoms with van der Waals surface area (Å²) in [7, 11) is 0. The van der Waals surface area contributed by atoms with E-state index in [4.69, 9.17) is 0 Å². The Morgan fingerprint density at radius 3 is 2.68 bits per heavy atom. The van der Waals surface area contributed by atoms with E-state index >= 15 is 0 Å². The van der Waals surface area contributed by atoms with Gasteiger partial charge in [-0.15, -0.1) is 0 Å². The zero-order valence-electron chi connectivity index (χ0n) is 14.8. The standard InChI is InChI=1S/C23H27NO/c25-15-21-6-3-11-24(21)14-22-18-8-10-20(13-18)23(22)19-9-7-16-4-1-2-5-17(16)12-19/h1-2,4-5,7,9,12,18,20-21,25H,3,6,8,10-11,13-15H2/t18?,20?,21-/m0/s1. The van der Waals surface area contributed by atoms with Crippen molar-refractivity contribution < 1.29 is 5.11 Å². The van der Waals surface area contributed by atoms with Gasteiger partial charge in [0, 0.05) is 12.6 Å². The van der Waals surface area contributed by atoms with E-state index in [0.717, 1.165) is 31.3 Å². The van der Waals surface area contributed by atoms with E-state index in [2.05, 4.69) is 47.4 Å². The normalized spacial score (nSPS) is 29.2. The summed E-state index contributed by atoms with van der Waals surface area (Å²) in [5, 5.41) is 12.4. The van der Waals surface area contributed by atoms with Gasteiger partial charge in [-0.25, -0.2) is 0 Å². The Hall–Kier alpha value is -1.64. The second-order valence-electron chi connectivity index (χ2n) is 8.16. The van der Waals surface area contributed by atoms with Crippen LogP contribution >= 0.6 is 0 Å². The Morgan fingerprint density at radius 2 is 1.80 bits per heavy atom. The first-order valence-corrected chi connectivity index (χ1v) is 9.90. The van der Waals surface area contributed by atoms with E-state index in [9.17, 15) is 5.11 Å². The van der Waals surface area contributed by atoms with Gasteiger partial charge in [0.05, 0.1) is 6.61 Å². The van der Waals surface area contributed by atoms with Crippen molar-refractivity contribution in [3.8, 4) is 0 Å². The molecule has 3 aliphatic rings. The second-order valence-corrected chi connectivity index (χ2v) is 8.16. The van der Waals surface area contributed by atoms with Crippen LogP contribution in [0.15, 0.2) is 48.0 Å². The summed E-state index contributed by atoms with van der Waals surface area (Å²) in [5.74, 6) is 1.54. The van der Waals surface area contributed by atoms with Crippen LogP contribution in [0.25, 0.3) is 16.3 Å². The van der Waals surface area contributed by atoms with Crippen molar-refractivity contribution in [1.29, 1.82) is 0 Å². The van der Waals surface area contributed by atoms with Gasteiger partial charge >= 0.3 is 0 Å². The van der Waals surface area contributed by atoms with Crippen molar-refractivity contribution >= 4 is 16.3 Å². The summed E-state index contributed by atoms with van der Waals surface area (Å²) in [5.41, 5.74) is 4.78. The molecule has 0 radical (unpaired) electrons. The van der Waals surface area contributed by atoms with Crippen molar-refractivity contribution in [1.82, 2.24) is 4.90 Å². The summed E-state index contributed by atoms with van der Waals surface area (Å²) in [6, 6.07) is 16.1. The molecule has 1 saturated carbocycles. The lowest BCUT2D eigenvalue weighted by molar-refractivity contribution is 0.165. The number of likely N-dealkylation sites (tertiary alicyclic amines) is 1. The van der Waals surface area contributed by atoms with Gasteiger partial charge in [0.15, 0.2) is 0 Å². The highest BCUT2D eigenvalue weighted by Crippen LogP contribution is 2.53. The van der Waals surface area contributed by atoms with Gasteiger partial charge in [-0.3, -0.25) is 4.90 Å². The lowest BCUT2D eigenvalue weighted by atomic mass is 9.86. The lowest BCUT2D eigenvalue weighted by Crippen LogP contribution is -2.34. The fraction of sp³-hybridized carbons (Fsp3) is 0.478. The van der Waals surface area contributed by atoms with E-state index in [0.29, 0.717) is 12.6 Å². The first-order chi connectivity index (χ1) is 12.3. The largest absolute Gasteiger partial charge is 0.395 e. The highest BCUT2D eigenvalue weighted by Gasteiger charge is 2.40. The highest BCUT2D eigenvalue weighted by atomic mass is 16.3. The molecule has 1 heterocycles. The molecule has 2 bridgehead atoms. The van der Waals surface area contributed by atoms with Crippen LogP contribution in [0, 0.1) is 11.8 Å². The summed E-state index contributed by atoms with van der Waals surface area (Å²) in [6.45, 7) is 2.54. The molecular weight excluding hydrogens is 306 g/mol. The number of rotatable bonds is 4. The molecule has 2 aromatic carbocycles. The van der Waals surface area contributed by atoms with Gasteiger partial charge in [-0.1, -0.05) is 36.4 Å². The average Bonchev–Trinajstić information content (AvgIpc) is 3.37. The quantitative estimate of drug-likeness (QED) is 0.892. The Labute approximate surface area is 150 Å². The molecule has 25 heavy (non-hydrogen) atoms. The number of aliphatic hydroxyl groups excluding tert-OH is 1. The molecule has 1 saturated heterocycles. The molecule has 0 amide bonds. The van der Waals surface area contributed by atoms with Crippen LogP contribution in [-0.4, -0.2) is 35.7 Å². The van der Waals surface area contributed by atoms with Crippen molar-refractivity contribution in [2.45, 2.75) is 38.1 Å². The molecule has 2 aliphatic carbocycles. The molecule has 2 unspecified atom stereocenters. The van der Waals surface area contributed by atoms with Gasteiger partial charge in [-0.05, 0) is 84.0 Å². The van der Waals surface area contributed by atoms with Crippen LogP contribution in [0.1, 0.15) is 37.7 Å². The Bertz CT molecular complexity index is 824. The molecule has 0 spiro atoms. The van der Waals surface area contributed by atoms with Crippen LogP contribution in [0.2, 0.25) is 0 Å². The fourth-order valence-corrected chi connectivity index (χ4v) is 5.56. The van der Waals surface area contributed by atoms with Crippen molar-refractivity contribution in [3.63, 3.8) is 0 Å². The Balaban J connectivity index is 1.54. The van der Waals surface area contributed by atoms with E-state index in [1.54, 1.807) is 11.1 Å². The average molecular weight is 333 g/mol. The van der Waals surface area contributed by atoms with Crippen LogP contribution in [0.4, 0.5) is 0 Å². The van der Waals surface area contributed by atoms with Gasteiger partial charge in [0.2, 0.25) is 0 Å². The van der Waals surface area contributed by atoms with Gasteiger partial charge in [0.1, 0.15) is 0 Å². The number of nitrogens with zero attached hydrogens (tertiary/aromatic N) is 1. The number of hydrogen-bond acceptors (Lipinski definition) is 2. The third-order valence-electron chi connectivity index (χ3n) is 6.82. The van der Waals surface area contributed by atoms with Crippen LogP contribution in [-0.2, 0) is 0 Å². The summed E-state index contributed by atoms with van der Waals surface area (Å²) in [6.07, 6.45) is 6.48. The molecule has 3 atom stereocenters. The predicted octanol–water partition coefficient (Wildman–Crippen LogP) is 4.48. The van der Waals surface area contributed by atoms with Gasteiger partial charge in [-0.2, -0.15) is 0 Å². The van der Waals surface area contributed by atoms with Crippen molar-refractivity contribution in [2.24, 2.45) is 11.8 Å². The highest BCUT2D eigenvalue weighted by molar-refractivity contribution is 5.87. The monoisotopic (exact) mass is 333 g/mol. The van der Waals surface area contributed by atoms with Crippen LogP contribution in [0.5, 0.6) is 0 Å². The molecule has 2 nitrogen and oxygen atoms in total. The lowest BCUT2D eigenvalue weighted by Gasteiger charge is -2.28. The molecular formula is C23H27NO. The fourth-order valence-electron chi connectivity index (χ4n) is 5.56. The zero-order chi connectivity index (χ0) is 16.8. The third kappa shape index (κ3) is 2.63. The topological polar surface area (TPSA) is 23.5 Å². The number of aliphatic hydroxyl groups is 1. The summed E-state index contributed by atoms with van der Waals surface area (Å²) < 4.78 is 0. The number of allylic oxidation sites excluding steroid dienone is 1. The molecule has 2 fully saturated rings. The minimum atomic E-state index is 0.312. The van der Waals surface area contributed by atoms with E-state index in [1.165, 1.54) is 42.0 Å². The van der Waals surface area contributed by atoms with E-state index < -0.39 is 0 Å². The van der Waals surface area contributed by atoms with E-state index in [-0.39, 0.29) is 0 Å². The summed E-state index contributed by atoms with van der Waals surface area (Å²) in [4.78, 5) is 2.54. The molecule has 5 rings (SSSR count). The first-order valence-electron chi connectivity index (χ1n) is 9.90. The first kappa shape index (κ1) is 15.6. The molecule has 130 valence electrons. The molecule has 1 aliphatic heterocycles. The smallest absolute Gasteiger partial charge is 0.0587 e. The van der Waals surface area contributed by atoms with Gasteiger partial charge < -0.3 is 5.11 Å². The zero-order valence-corrected chi connectivity index (χ0v) is 14.8. The van der Waals surface area contributed by atoms with Gasteiger partial charge in [0.25, 0.3) is 0 Å². The van der Waals surface area contributed by atoms with Crippen molar-refractivity contribution in [2.75, 3.05) is 19.7 Å². The van der Waals surface area contributed by atoms with Crippen LogP contribution < -0.4 is 0 Å². The maximum Gasteiger partial charge on any atom is 0.0587 e. The summed E-state index contributed by atoms with van der Waals surface area (Å²) >= 11 is 0. The maximum absolute atomic E-state index is 9.69. The van der Waals surface area contributed by atoms with Crippen LogP contribution in [0.3, 0.4) is 0 Å². The molecule has 0 aromatic heterocycles. The second kappa shape index (κ2) is 6.26. The minimum absolute atomic E-state index is 0.312. The van der Waals surface area contributed by atoms with Crippen molar-refractivity contribution in [3.05, 3.63) is 53.6 Å².